The Labute approximate surface area is 181 Å². The van der Waals surface area contributed by atoms with Gasteiger partial charge in [0.05, 0.1) is 12.2 Å². The normalized spacial score (nSPS) is 10.0. The van der Waals surface area contributed by atoms with Crippen LogP contribution in [0.25, 0.3) is 0 Å². The third kappa shape index (κ3) is 13.1. The lowest BCUT2D eigenvalue weighted by atomic mass is 9.96. The number of ether oxygens (including phenoxy) is 1. The molecular weight excluding hydrogens is 356 g/mol. The molecule has 0 atom stereocenters. The Hall–Kier alpha value is -1.80. The highest BCUT2D eigenvalue weighted by Crippen LogP contribution is 2.25. The largest absolute Gasteiger partial charge is 0.508 e. The van der Waals surface area contributed by atoms with Crippen molar-refractivity contribution in [3.05, 3.63) is 65.2 Å². The van der Waals surface area contributed by atoms with Gasteiger partial charge >= 0.3 is 0 Å². The van der Waals surface area contributed by atoms with E-state index in [2.05, 4.69) is 65.8 Å². The first-order valence-corrected chi connectivity index (χ1v) is 11.3. The van der Waals surface area contributed by atoms with Crippen LogP contribution in [-0.4, -0.2) is 11.7 Å². The Morgan fingerprint density at radius 3 is 1.48 bits per heavy atom. The van der Waals surface area contributed by atoms with E-state index in [0.717, 1.165) is 19.4 Å². The average Bonchev–Trinajstić information content (AvgIpc) is 2.76. The van der Waals surface area contributed by atoms with Crippen LogP contribution in [0.2, 0.25) is 0 Å². The van der Waals surface area contributed by atoms with Gasteiger partial charge in [0.15, 0.2) is 0 Å². The molecule has 0 saturated heterocycles. The average molecular weight is 403 g/mol. The van der Waals surface area contributed by atoms with Crippen LogP contribution < -0.4 is 0 Å². The van der Waals surface area contributed by atoms with Gasteiger partial charge in [-0.1, -0.05) is 91.8 Å². The van der Waals surface area contributed by atoms with E-state index >= 15 is 0 Å². The van der Waals surface area contributed by atoms with Gasteiger partial charge in [-0.25, -0.2) is 0 Å². The van der Waals surface area contributed by atoms with E-state index < -0.39 is 0 Å². The molecule has 2 rings (SSSR count). The molecule has 0 spiro atoms. The molecular formula is C27H46O2. The Kier molecular flexibility index (Phi) is 17.3. The molecule has 0 aliphatic heterocycles. The summed E-state index contributed by atoms with van der Waals surface area (Å²) in [5.41, 5.74) is 3.71. The second kappa shape index (κ2) is 17.1. The summed E-state index contributed by atoms with van der Waals surface area (Å²) in [6.07, 6.45) is 2.12. The highest BCUT2D eigenvalue weighted by molar-refractivity contribution is 5.26. The molecule has 0 fully saturated rings. The van der Waals surface area contributed by atoms with Crippen LogP contribution in [0.1, 0.15) is 85.9 Å². The summed E-state index contributed by atoms with van der Waals surface area (Å²) in [6, 6.07) is 16.0. The molecule has 0 radical (unpaired) electrons. The molecule has 0 unspecified atom stereocenters. The molecule has 0 aliphatic carbocycles. The number of hydrogen-bond acceptors (Lipinski definition) is 2. The summed E-state index contributed by atoms with van der Waals surface area (Å²) in [4.78, 5) is 0. The van der Waals surface area contributed by atoms with E-state index in [1.807, 2.05) is 39.8 Å². The molecule has 166 valence electrons. The predicted molar refractivity (Wildman–Crippen MR) is 130 cm³/mol. The molecule has 0 heterocycles. The van der Waals surface area contributed by atoms with Crippen molar-refractivity contribution >= 4 is 0 Å². The van der Waals surface area contributed by atoms with Crippen LogP contribution in [0, 0.1) is 5.92 Å². The molecule has 2 aromatic carbocycles. The molecule has 0 aliphatic rings. The minimum absolute atomic E-state index is 0.184. The number of benzene rings is 2. The zero-order chi connectivity index (χ0) is 22.9. The Morgan fingerprint density at radius 2 is 1.14 bits per heavy atom. The van der Waals surface area contributed by atoms with Gasteiger partial charge in [0, 0.05) is 0 Å². The molecule has 0 aromatic heterocycles. The highest BCUT2D eigenvalue weighted by atomic mass is 16.5. The molecule has 0 saturated carbocycles. The standard InChI is InChI=1S/C15H24O.C8H10O.2C2H6/c1-6-13-7-9-14(10-8-13)15(4,5)16-11-12(2)3;1-2-7-3-5-8(9)6-4-7;2*1-2/h7-10,12H,6,11H2,1-5H3;3-6,9H,2H2,1H3;2*1-2H3. The van der Waals surface area contributed by atoms with Crippen LogP contribution in [0.15, 0.2) is 48.5 Å². The van der Waals surface area contributed by atoms with Crippen LogP contribution in [0.5, 0.6) is 5.75 Å². The number of phenolic OH excluding ortho intramolecular Hbond substituents is 1. The van der Waals surface area contributed by atoms with Crippen molar-refractivity contribution in [2.24, 2.45) is 5.92 Å². The number of aromatic hydroxyl groups is 1. The zero-order valence-corrected chi connectivity index (χ0v) is 20.7. The van der Waals surface area contributed by atoms with E-state index in [0.29, 0.717) is 11.7 Å². The van der Waals surface area contributed by atoms with Gasteiger partial charge in [0.25, 0.3) is 0 Å². The van der Waals surface area contributed by atoms with E-state index in [9.17, 15) is 0 Å². The lowest BCUT2D eigenvalue weighted by molar-refractivity contribution is -0.0347. The number of aryl methyl sites for hydroxylation is 2. The van der Waals surface area contributed by atoms with Gasteiger partial charge in [0.2, 0.25) is 0 Å². The summed E-state index contributed by atoms with van der Waals surface area (Å²) in [6.45, 7) is 21.7. The van der Waals surface area contributed by atoms with E-state index in [4.69, 9.17) is 9.84 Å². The van der Waals surface area contributed by atoms with Gasteiger partial charge in [-0.15, -0.1) is 0 Å². The fourth-order valence-corrected chi connectivity index (χ4v) is 2.33. The number of hydrogen-bond donors (Lipinski definition) is 1. The predicted octanol–water partition coefficient (Wildman–Crippen LogP) is 8.16. The van der Waals surface area contributed by atoms with Crippen molar-refractivity contribution < 1.29 is 9.84 Å². The molecule has 2 aromatic rings. The third-order valence-electron chi connectivity index (χ3n) is 4.18. The van der Waals surface area contributed by atoms with Crippen molar-refractivity contribution in [3.8, 4) is 5.75 Å². The van der Waals surface area contributed by atoms with Crippen molar-refractivity contribution in [1.29, 1.82) is 0 Å². The Balaban J connectivity index is 0. The summed E-state index contributed by atoms with van der Waals surface area (Å²) in [5, 5.41) is 8.85. The van der Waals surface area contributed by atoms with Gasteiger partial charge in [0.1, 0.15) is 5.75 Å². The van der Waals surface area contributed by atoms with Crippen molar-refractivity contribution in [1.82, 2.24) is 0 Å². The highest BCUT2D eigenvalue weighted by Gasteiger charge is 2.21. The zero-order valence-electron chi connectivity index (χ0n) is 20.7. The second-order valence-electron chi connectivity index (χ2n) is 7.29. The Morgan fingerprint density at radius 1 is 0.759 bits per heavy atom. The maximum Gasteiger partial charge on any atom is 0.115 e. The van der Waals surface area contributed by atoms with Crippen molar-refractivity contribution in [3.63, 3.8) is 0 Å². The summed E-state index contributed by atoms with van der Waals surface area (Å²) in [7, 11) is 0. The molecule has 2 heteroatoms. The SMILES string of the molecule is CC.CC.CCc1ccc(C(C)(C)OCC(C)C)cc1.CCc1ccc(O)cc1. The minimum atomic E-state index is -0.184. The molecule has 0 amide bonds. The maximum absolute atomic E-state index is 8.85. The molecule has 29 heavy (non-hydrogen) atoms. The van der Waals surface area contributed by atoms with Crippen molar-refractivity contribution in [2.45, 2.75) is 87.7 Å². The lowest BCUT2D eigenvalue weighted by Gasteiger charge is -2.27. The monoisotopic (exact) mass is 402 g/mol. The summed E-state index contributed by atoms with van der Waals surface area (Å²) >= 11 is 0. The first kappa shape index (κ1) is 29.4. The van der Waals surface area contributed by atoms with Crippen LogP contribution in [0.4, 0.5) is 0 Å². The van der Waals surface area contributed by atoms with Crippen LogP contribution in [-0.2, 0) is 23.2 Å². The number of phenols is 1. The second-order valence-corrected chi connectivity index (χ2v) is 7.29. The van der Waals surface area contributed by atoms with Crippen LogP contribution in [0.3, 0.4) is 0 Å². The van der Waals surface area contributed by atoms with Gasteiger partial charge in [-0.2, -0.15) is 0 Å². The van der Waals surface area contributed by atoms with Gasteiger partial charge in [-0.05, 0) is 61.4 Å². The Bertz CT molecular complexity index is 595. The first-order valence-electron chi connectivity index (χ1n) is 11.3. The van der Waals surface area contributed by atoms with Gasteiger partial charge in [-0.3, -0.25) is 0 Å². The first-order chi connectivity index (χ1) is 13.8. The van der Waals surface area contributed by atoms with Gasteiger partial charge < -0.3 is 9.84 Å². The molecule has 1 N–H and O–H groups in total. The fourth-order valence-electron chi connectivity index (χ4n) is 2.33. The molecule has 0 bridgehead atoms. The third-order valence-corrected chi connectivity index (χ3v) is 4.18. The van der Waals surface area contributed by atoms with E-state index in [1.54, 1.807) is 12.1 Å². The smallest absolute Gasteiger partial charge is 0.115 e. The lowest BCUT2D eigenvalue weighted by Crippen LogP contribution is -2.23. The van der Waals surface area contributed by atoms with E-state index in [1.165, 1.54) is 16.7 Å². The fraction of sp³-hybridized carbons (Fsp3) is 0.556. The van der Waals surface area contributed by atoms with Crippen LogP contribution >= 0.6 is 0 Å². The summed E-state index contributed by atoms with van der Waals surface area (Å²) < 4.78 is 5.95. The quantitative estimate of drug-likeness (QED) is 0.528. The van der Waals surface area contributed by atoms with E-state index in [-0.39, 0.29) is 5.60 Å². The van der Waals surface area contributed by atoms with Crippen molar-refractivity contribution in [2.75, 3.05) is 6.61 Å². The number of rotatable bonds is 6. The topological polar surface area (TPSA) is 29.5 Å². The maximum atomic E-state index is 8.85. The molecule has 2 nitrogen and oxygen atoms in total. The summed E-state index contributed by atoms with van der Waals surface area (Å²) in [5.74, 6) is 0.918. The minimum Gasteiger partial charge on any atom is -0.508 e.